The number of allylic oxidation sites excluding steroid dienone is 4. The third-order valence-electron chi connectivity index (χ3n) is 8.20. The van der Waals surface area contributed by atoms with Crippen molar-refractivity contribution in [1.82, 2.24) is 0 Å². The molecule has 0 aromatic heterocycles. The molecule has 2 aliphatic rings. The number of fused-ring (bicyclic) bond motifs is 3. The van der Waals surface area contributed by atoms with E-state index >= 15 is 0 Å². The average Bonchev–Trinajstić information content (AvgIpc) is 3.43. The monoisotopic (exact) mass is 682 g/mol. The summed E-state index contributed by atoms with van der Waals surface area (Å²) < 4.78 is 1.80. The van der Waals surface area contributed by atoms with Crippen molar-refractivity contribution in [3.8, 4) is 0 Å². The van der Waals surface area contributed by atoms with E-state index in [1.165, 1.54) is 75.9 Å². The van der Waals surface area contributed by atoms with Gasteiger partial charge in [-0.3, -0.25) is 6.08 Å². The zero-order valence-corrected chi connectivity index (χ0v) is 32.2. The molecule has 0 N–H and O–H groups in total. The Morgan fingerprint density at radius 2 is 1.19 bits per heavy atom. The molecular weight excluding hydrogens is 631 g/mol. The molecule has 0 amide bonds. The quantitative estimate of drug-likeness (QED) is 0.288. The van der Waals surface area contributed by atoms with Gasteiger partial charge >= 0.3 is 59.5 Å². The van der Waals surface area contributed by atoms with Crippen LogP contribution >= 0.6 is 0 Å². The summed E-state index contributed by atoms with van der Waals surface area (Å²) >= 11 is 1.69. The molecule has 0 bridgehead atoms. The fourth-order valence-electron chi connectivity index (χ4n) is 5.67. The van der Waals surface area contributed by atoms with Crippen LogP contribution in [0.5, 0.6) is 0 Å². The van der Waals surface area contributed by atoms with Gasteiger partial charge in [-0.05, 0) is 10.8 Å². The molecule has 0 heterocycles. The minimum absolute atomic E-state index is 0. The SMILES string of the molecule is CC(C)(C)c1ccc2c(c1)[cH-]c1cc(C(C)(C)C)ccc12.CCC1=[C-]C(C)C=C1C(C)(C)C.[Cl-].[Cl-].[Zr+2]=[C]1CCCCC1. The van der Waals surface area contributed by atoms with Gasteiger partial charge in [-0.2, -0.15) is 11.6 Å². The Hall–Kier alpha value is -0.877. The number of benzene rings is 2. The third kappa shape index (κ3) is 10.6. The summed E-state index contributed by atoms with van der Waals surface area (Å²) in [6.45, 7) is 24.9. The fourth-order valence-corrected chi connectivity index (χ4v) is 6.54. The predicted octanol–water partition coefficient (Wildman–Crippen LogP) is 5.73. The van der Waals surface area contributed by atoms with Crippen molar-refractivity contribution < 1.29 is 49.0 Å². The van der Waals surface area contributed by atoms with Gasteiger partial charge in [-0.25, -0.2) is 5.57 Å². The van der Waals surface area contributed by atoms with Gasteiger partial charge in [0.15, 0.2) is 0 Å². The Bertz CT molecular complexity index is 1300. The van der Waals surface area contributed by atoms with Gasteiger partial charge in [0.25, 0.3) is 0 Å². The molecule has 1 saturated carbocycles. The molecule has 0 nitrogen and oxygen atoms in total. The molecule has 5 rings (SSSR count). The van der Waals surface area contributed by atoms with Crippen molar-refractivity contribution >= 4 is 24.8 Å². The number of hydrogen-bond acceptors (Lipinski definition) is 0. The molecule has 0 radical (unpaired) electrons. The first-order chi connectivity index (χ1) is 18.5. The summed E-state index contributed by atoms with van der Waals surface area (Å²) in [4.78, 5) is 0. The molecule has 0 saturated heterocycles. The Kier molecular flexibility index (Phi) is 14.8. The number of rotatable bonds is 1. The van der Waals surface area contributed by atoms with E-state index in [9.17, 15) is 0 Å². The molecule has 42 heavy (non-hydrogen) atoms. The van der Waals surface area contributed by atoms with Gasteiger partial charge in [-0.15, -0.1) is 39.7 Å². The van der Waals surface area contributed by atoms with Gasteiger partial charge in [-0.1, -0.05) is 129 Å². The van der Waals surface area contributed by atoms with E-state index in [1.807, 2.05) is 0 Å². The van der Waals surface area contributed by atoms with E-state index < -0.39 is 0 Å². The summed E-state index contributed by atoms with van der Waals surface area (Å²) in [6.07, 6.45) is 14.3. The van der Waals surface area contributed by atoms with Crippen LogP contribution < -0.4 is 24.8 Å². The summed E-state index contributed by atoms with van der Waals surface area (Å²) in [5, 5.41) is 5.48. The standard InChI is InChI=1S/C21H25.C12H19.C6H10.2ClH.Zr/c1-20(2,3)16-7-9-18-14(12-16)11-15-13-17(21(4,5)6)8-10-19(15)18;1-6-10-7-9(2)8-11(10)12(3,4)5;1-2-4-6-5-3-1;;;/h7-13H,1-6H3;8-9H,6H2,1-5H3;1-5H2;2*1H;/q2*-1;;;;+2/p-2. The van der Waals surface area contributed by atoms with Crippen molar-refractivity contribution in [2.45, 2.75) is 126 Å². The van der Waals surface area contributed by atoms with E-state index in [0.717, 1.165) is 6.42 Å². The van der Waals surface area contributed by atoms with Crippen molar-refractivity contribution in [3.63, 3.8) is 0 Å². The first-order valence-corrected chi connectivity index (χ1v) is 16.8. The molecule has 1 atom stereocenters. The maximum absolute atomic E-state index is 3.48. The molecule has 230 valence electrons. The first-order valence-electron chi connectivity index (χ1n) is 15.6. The first kappa shape index (κ1) is 39.1. The van der Waals surface area contributed by atoms with Gasteiger partial charge in [0.2, 0.25) is 0 Å². The van der Waals surface area contributed by atoms with Crippen molar-refractivity contribution in [2.75, 3.05) is 0 Å². The summed E-state index contributed by atoms with van der Waals surface area (Å²) in [6, 6.07) is 16.2. The van der Waals surface area contributed by atoms with Crippen molar-refractivity contribution in [3.05, 3.63) is 76.9 Å². The van der Waals surface area contributed by atoms with E-state index in [1.54, 1.807) is 27.4 Å². The molecular formula is C39H54Cl2Zr-2. The Balaban J connectivity index is 0.000000356. The van der Waals surface area contributed by atoms with Crippen molar-refractivity contribution in [1.29, 1.82) is 0 Å². The van der Waals surface area contributed by atoms with E-state index in [2.05, 4.69) is 131 Å². The molecule has 3 heteroatoms. The molecule has 1 fully saturated rings. The second-order valence-corrected chi connectivity index (χ2v) is 16.7. The molecule has 3 aromatic carbocycles. The van der Waals surface area contributed by atoms with Gasteiger partial charge < -0.3 is 24.8 Å². The summed E-state index contributed by atoms with van der Waals surface area (Å²) in [5.41, 5.74) is 6.43. The molecule has 0 aliphatic heterocycles. The number of halogens is 2. The zero-order chi connectivity index (χ0) is 29.9. The average molecular weight is 685 g/mol. The second-order valence-electron chi connectivity index (χ2n) is 15.0. The van der Waals surface area contributed by atoms with Crippen LogP contribution in [-0.4, -0.2) is 3.21 Å². The topological polar surface area (TPSA) is 0 Å². The van der Waals surface area contributed by atoms with Gasteiger partial charge in [0.05, 0.1) is 0 Å². The molecule has 3 aromatic rings. The minimum atomic E-state index is 0. The molecule has 1 unspecified atom stereocenters. The summed E-state index contributed by atoms with van der Waals surface area (Å²) in [5.74, 6) is 0.522. The predicted molar refractivity (Wildman–Crippen MR) is 176 cm³/mol. The second kappa shape index (κ2) is 15.9. The van der Waals surface area contributed by atoms with Crippen LogP contribution in [0.1, 0.15) is 126 Å². The van der Waals surface area contributed by atoms with Crippen molar-refractivity contribution in [2.24, 2.45) is 11.3 Å². The van der Waals surface area contributed by atoms with Gasteiger partial charge in [0.1, 0.15) is 0 Å². The van der Waals surface area contributed by atoms with Crippen LogP contribution in [0.3, 0.4) is 0 Å². The van der Waals surface area contributed by atoms with Crippen LogP contribution in [0.2, 0.25) is 0 Å². The third-order valence-corrected chi connectivity index (χ3v) is 9.43. The zero-order valence-electron chi connectivity index (χ0n) is 28.2. The Labute approximate surface area is 285 Å². The molecule has 2 aliphatic carbocycles. The van der Waals surface area contributed by atoms with E-state index in [-0.39, 0.29) is 35.6 Å². The van der Waals surface area contributed by atoms with Crippen LogP contribution in [0.4, 0.5) is 0 Å². The van der Waals surface area contributed by atoms with E-state index in [4.69, 9.17) is 0 Å². The van der Waals surface area contributed by atoms with Crippen LogP contribution in [-0.2, 0) is 35.1 Å². The number of hydrogen-bond donors (Lipinski definition) is 0. The Morgan fingerprint density at radius 1 is 0.738 bits per heavy atom. The molecule has 0 spiro atoms. The van der Waals surface area contributed by atoms with Gasteiger partial charge in [0, 0.05) is 0 Å². The fraction of sp³-hybridized carbons (Fsp3) is 0.538. The van der Waals surface area contributed by atoms with Crippen LogP contribution in [0.15, 0.2) is 59.7 Å². The normalized spacial score (nSPS) is 17.3. The van der Waals surface area contributed by atoms with Crippen LogP contribution in [0.25, 0.3) is 21.5 Å². The van der Waals surface area contributed by atoms with E-state index in [0.29, 0.717) is 11.3 Å². The summed E-state index contributed by atoms with van der Waals surface area (Å²) in [7, 11) is 0. The maximum atomic E-state index is 3.48. The van der Waals surface area contributed by atoms with Crippen LogP contribution in [0, 0.1) is 17.4 Å². The Morgan fingerprint density at radius 3 is 1.50 bits per heavy atom.